The first kappa shape index (κ1) is 22.1. The second kappa shape index (κ2) is 9.56. The van der Waals surface area contributed by atoms with Crippen LogP contribution < -0.4 is 5.32 Å². The van der Waals surface area contributed by atoms with Gasteiger partial charge in [-0.25, -0.2) is 0 Å². The maximum atomic E-state index is 12.6. The fraction of sp³-hybridized carbons (Fsp3) is 0.409. The number of aromatic nitrogens is 2. The fourth-order valence-electron chi connectivity index (χ4n) is 3.75. The molecule has 0 saturated carbocycles. The fourth-order valence-corrected chi connectivity index (χ4v) is 4.87. The van der Waals surface area contributed by atoms with Gasteiger partial charge in [0.05, 0.1) is 6.20 Å². The van der Waals surface area contributed by atoms with Gasteiger partial charge < -0.3 is 15.1 Å². The summed E-state index contributed by atoms with van der Waals surface area (Å²) in [4.78, 5) is 45.1. The van der Waals surface area contributed by atoms with Gasteiger partial charge in [-0.15, -0.1) is 0 Å². The van der Waals surface area contributed by atoms with Crippen LogP contribution in [0.2, 0.25) is 0 Å². The minimum absolute atomic E-state index is 0.0683. The number of carbonyl (C=O) groups excluding carboxylic acids is 3. The number of carbonyl (C=O) groups is 3. The summed E-state index contributed by atoms with van der Waals surface area (Å²) in [5, 5.41) is 7.18. The number of nitrogens with one attached hydrogen (secondary N) is 1. The Morgan fingerprint density at radius 1 is 1.22 bits per heavy atom. The molecule has 9 nitrogen and oxygen atoms in total. The Bertz CT molecular complexity index is 1040. The van der Waals surface area contributed by atoms with Crippen molar-refractivity contribution < 1.29 is 14.4 Å². The normalized spacial score (nSPS) is 18.1. The van der Waals surface area contributed by atoms with E-state index >= 15 is 0 Å². The van der Waals surface area contributed by atoms with E-state index in [4.69, 9.17) is 0 Å². The predicted molar refractivity (Wildman–Crippen MR) is 123 cm³/mol. The molecule has 0 bridgehead atoms. The molecule has 32 heavy (non-hydrogen) atoms. The molecule has 3 amide bonds. The first-order chi connectivity index (χ1) is 15.4. The smallest absolute Gasteiger partial charge is 0.262 e. The van der Waals surface area contributed by atoms with Gasteiger partial charge in [-0.3, -0.25) is 19.1 Å². The molecule has 1 atom stereocenters. The van der Waals surface area contributed by atoms with E-state index in [1.54, 1.807) is 47.1 Å². The highest BCUT2D eigenvalue weighted by Crippen LogP contribution is 2.29. The molecule has 10 heteroatoms. The minimum atomic E-state index is -0.479. The van der Waals surface area contributed by atoms with Crippen LogP contribution in [-0.2, 0) is 23.2 Å². The molecule has 2 aliphatic heterocycles. The highest BCUT2D eigenvalue weighted by molar-refractivity contribution is 8.15. The van der Waals surface area contributed by atoms with E-state index in [0.717, 1.165) is 36.7 Å². The molecule has 4 rings (SSSR count). The van der Waals surface area contributed by atoms with Crippen LogP contribution >= 0.6 is 11.8 Å². The Morgan fingerprint density at radius 3 is 2.59 bits per heavy atom. The third-order valence-electron chi connectivity index (χ3n) is 5.42. The maximum Gasteiger partial charge on any atom is 0.262 e. The van der Waals surface area contributed by atoms with Crippen molar-refractivity contribution >= 4 is 40.3 Å². The van der Waals surface area contributed by atoms with Crippen molar-refractivity contribution in [1.29, 1.82) is 0 Å². The number of benzene rings is 1. The molecule has 0 spiro atoms. The summed E-state index contributed by atoms with van der Waals surface area (Å²) in [6.07, 6.45) is 5.88. The Hall–Kier alpha value is -3.14. The number of anilines is 1. The lowest BCUT2D eigenvalue weighted by molar-refractivity contribution is -0.121. The largest absolute Gasteiger partial charge is 0.351 e. The molecule has 0 radical (unpaired) electrons. The highest BCUT2D eigenvalue weighted by Gasteiger charge is 2.33. The summed E-state index contributed by atoms with van der Waals surface area (Å²) in [7, 11) is 3.57. The number of hydrogen-bond donors (Lipinski definition) is 1. The number of amidine groups is 1. The Morgan fingerprint density at radius 2 is 1.94 bits per heavy atom. The number of hydrogen-bond acceptors (Lipinski definition) is 6. The van der Waals surface area contributed by atoms with Gasteiger partial charge in [-0.1, -0.05) is 11.8 Å². The molecule has 1 unspecified atom stereocenters. The molecule has 2 aliphatic rings. The van der Waals surface area contributed by atoms with Crippen molar-refractivity contribution in [3.63, 3.8) is 0 Å². The Balaban J connectivity index is 1.28. The average molecular weight is 455 g/mol. The molecular formula is C22H26N6O3S. The second-order valence-electron chi connectivity index (χ2n) is 8.05. The molecule has 0 aliphatic carbocycles. The van der Waals surface area contributed by atoms with Crippen LogP contribution in [0.1, 0.15) is 35.2 Å². The van der Waals surface area contributed by atoms with Gasteiger partial charge in [0.1, 0.15) is 5.25 Å². The van der Waals surface area contributed by atoms with Gasteiger partial charge in [-0.2, -0.15) is 10.1 Å². The number of nitrogens with zero attached hydrogens (tertiary/aromatic N) is 5. The SMILES string of the molecule is CN(Cc1cnn(C)c1)C(=O)c1ccc(NC(=O)CC2SC(N3CCCC3)=NC2=O)cc1. The van der Waals surface area contributed by atoms with Crippen LogP contribution in [0.5, 0.6) is 0 Å². The zero-order valence-corrected chi connectivity index (χ0v) is 19.0. The standard InChI is InChI=1S/C22H26N6O3S/c1-26(13-15-12-23-27(2)14-15)21(31)16-5-7-17(8-6-16)24-19(29)11-18-20(30)25-22(32-18)28-9-3-4-10-28/h5-8,12,14,18H,3-4,9-11,13H2,1-2H3,(H,24,29). The van der Waals surface area contributed by atoms with Gasteiger partial charge in [0.25, 0.3) is 11.8 Å². The Kier molecular flexibility index (Phi) is 6.59. The number of rotatable bonds is 6. The van der Waals surface area contributed by atoms with Gasteiger partial charge in [0.2, 0.25) is 5.91 Å². The van der Waals surface area contributed by atoms with Crippen LogP contribution in [0.15, 0.2) is 41.7 Å². The van der Waals surface area contributed by atoms with E-state index in [1.807, 2.05) is 13.2 Å². The average Bonchev–Trinajstić information content (AvgIpc) is 3.51. The third-order valence-corrected chi connectivity index (χ3v) is 6.63. The molecule has 2 aromatic rings. The Labute approximate surface area is 190 Å². The summed E-state index contributed by atoms with van der Waals surface area (Å²) < 4.78 is 1.70. The molecular weight excluding hydrogens is 428 g/mol. The van der Waals surface area contributed by atoms with Crippen molar-refractivity contribution in [2.75, 3.05) is 25.5 Å². The number of amides is 3. The first-order valence-corrected chi connectivity index (χ1v) is 11.4. The molecule has 1 aromatic heterocycles. The topological polar surface area (TPSA) is 99.9 Å². The number of thioether (sulfide) groups is 1. The molecule has 1 saturated heterocycles. The molecule has 1 aromatic carbocycles. The minimum Gasteiger partial charge on any atom is -0.351 e. The van der Waals surface area contributed by atoms with E-state index in [-0.39, 0.29) is 24.1 Å². The zero-order valence-electron chi connectivity index (χ0n) is 18.2. The van der Waals surface area contributed by atoms with Crippen molar-refractivity contribution in [2.24, 2.45) is 12.0 Å². The van der Waals surface area contributed by atoms with Crippen LogP contribution in [0.3, 0.4) is 0 Å². The van der Waals surface area contributed by atoms with Gasteiger partial charge in [0, 0.05) is 63.2 Å². The van der Waals surface area contributed by atoms with E-state index in [1.165, 1.54) is 11.8 Å². The summed E-state index contributed by atoms with van der Waals surface area (Å²) in [5.74, 6) is -0.614. The summed E-state index contributed by atoms with van der Waals surface area (Å²) in [6, 6.07) is 6.75. The molecule has 168 valence electrons. The monoisotopic (exact) mass is 454 g/mol. The maximum absolute atomic E-state index is 12.6. The van der Waals surface area contributed by atoms with Crippen LogP contribution in [0.4, 0.5) is 5.69 Å². The van der Waals surface area contributed by atoms with E-state index < -0.39 is 5.25 Å². The van der Waals surface area contributed by atoms with Gasteiger partial charge in [-0.05, 0) is 37.1 Å². The molecule has 1 N–H and O–H groups in total. The lowest BCUT2D eigenvalue weighted by Gasteiger charge is -2.17. The van der Waals surface area contributed by atoms with E-state index in [0.29, 0.717) is 17.8 Å². The number of aryl methyl sites for hydroxylation is 1. The van der Waals surface area contributed by atoms with Crippen molar-refractivity contribution in [2.45, 2.75) is 31.1 Å². The van der Waals surface area contributed by atoms with Crippen molar-refractivity contribution in [3.05, 3.63) is 47.8 Å². The third kappa shape index (κ3) is 5.18. The van der Waals surface area contributed by atoms with Crippen LogP contribution in [-0.4, -0.2) is 67.9 Å². The van der Waals surface area contributed by atoms with Crippen molar-refractivity contribution in [3.8, 4) is 0 Å². The summed E-state index contributed by atoms with van der Waals surface area (Å²) in [6.45, 7) is 2.29. The molecule has 3 heterocycles. The number of aliphatic imine (C=N–C) groups is 1. The van der Waals surface area contributed by atoms with Gasteiger partial charge in [0.15, 0.2) is 5.17 Å². The lowest BCUT2D eigenvalue weighted by Crippen LogP contribution is -2.26. The summed E-state index contributed by atoms with van der Waals surface area (Å²) in [5.41, 5.74) is 2.06. The van der Waals surface area contributed by atoms with Crippen molar-refractivity contribution in [1.82, 2.24) is 19.6 Å². The lowest BCUT2D eigenvalue weighted by atomic mass is 10.1. The van der Waals surface area contributed by atoms with Crippen LogP contribution in [0.25, 0.3) is 0 Å². The second-order valence-corrected chi connectivity index (χ2v) is 9.22. The number of likely N-dealkylation sites (tertiary alicyclic amines) is 1. The van der Waals surface area contributed by atoms with Crippen LogP contribution in [0, 0.1) is 0 Å². The molecule has 1 fully saturated rings. The first-order valence-electron chi connectivity index (χ1n) is 10.6. The summed E-state index contributed by atoms with van der Waals surface area (Å²) >= 11 is 1.38. The quantitative estimate of drug-likeness (QED) is 0.718. The zero-order chi connectivity index (χ0) is 22.7. The van der Waals surface area contributed by atoms with E-state index in [9.17, 15) is 14.4 Å². The predicted octanol–water partition coefficient (Wildman–Crippen LogP) is 2.11. The highest BCUT2D eigenvalue weighted by atomic mass is 32.2. The van der Waals surface area contributed by atoms with E-state index in [2.05, 4.69) is 20.3 Å². The van der Waals surface area contributed by atoms with Gasteiger partial charge >= 0.3 is 0 Å².